The SMILES string of the molecule is CNC(=O)C1(C)CCN(Cc2nc(C)ccc2O)C1. The lowest BCUT2D eigenvalue weighted by atomic mass is 9.89. The number of hydrogen-bond donors (Lipinski definition) is 2. The van der Waals surface area contributed by atoms with Gasteiger partial charge in [0.15, 0.2) is 0 Å². The van der Waals surface area contributed by atoms with Crippen LogP contribution < -0.4 is 5.32 Å². The molecule has 1 aromatic rings. The maximum atomic E-state index is 11.9. The molecule has 1 unspecified atom stereocenters. The molecule has 1 aromatic heterocycles. The number of amides is 1. The lowest BCUT2D eigenvalue weighted by molar-refractivity contribution is -0.129. The van der Waals surface area contributed by atoms with Crippen molar-refractivity contribution < 1.29 is 9.90 Å². The van der Waals surface area contributed by atoms with Gasteiger partial charge < -0.3 is 10.4 Å². The zero-order valence-corrected chi connectivity index (χ0v) is 11.7. The first kappa shape index (κ1) is 13.8. The largest absolute Gasteiger partial charge is 0.506 e. The van der Waals surface area contributed by atoms with E-state index in [1.165, 1.54) is 0 Å². The number of hydrogen-bond acceptors (Lipinski definition) is 4. The van der Waals surface area contributed by atoms with Gasteiger partial charge in [-0.3, -0.25) is 14.7 Å². The minimum absolute atomic E-state index is 0.0800. The summed E-state index contributed by atoms with van der Waals surface area (Å²) in [6.07, 6.45) is 0.833. The van der Waals surface area contributed by atoms with E-state index in [0.717, 1.165) is 18.7 Å². The molecular formula is C14H21N3O2. The fourth-order valence-electron chi connectivity index (χ4n) is 2.61. The van der Waals surface area contributed by atoms with Crippen molar-refractivity contribution >= 4 is 5.91 Å². The molecule has 5 heteroatoms. The quantitative estimate of drug-likeness (QED) is 0.855. The molecule has 1 amide bonds. The summed E-state index contributed by atoms with van der Waals surface area (Å²) in [7, 11) is 1.67. The number of pyridine rings is 1. The summed E-state index contributed by atoms with van der Waals surface area (Å²) in [5, 5.41) is 12.5. The van der Waals surface area contributed by atoms with Gasteiger partial charge in [0.1, 0.15) is 5.75 Å². The number of carbonyl (C=O) groups excluding carboxylic acids is 1. The number of aromatic hydroxyl groups is 1. The van der Waals surface area contributed by atoms with Gasteiger partial charge in [0.25, 0.3) is 0 Å². The number of aromatic nitrogens is 1. The van der Waals surface area contributed by atoms with Crippen LogP contribution in [-0.2, 0) is 11.3 Å². The average molecular weight is 263 g/mol. The van der Waals surface area contributed by atoms with Crippen LogP contribution in [0.1, 0.15) is 24.7 Å². The molecule has 1 aliphatic heterocycles. The van der Waals surface area contributed by atoms with Crippen LogP contribution in [0.5, 0.6) is 5.75 Å². The smallest absolute Gasteiger partial charge is 0.227 e. The van der Waals surface area contributed by atoms with Crippen LogP contribution in [0.25, 0.3) is 0 Å². The predicted octanol–water partition coefficient (Wildman–Crippen LogP) is 1.05. The van der Waals surface area contributed by atoms with E-state index in [2.05, 4.69) is 15.2 Å². The molecule has 1 aliphatic rings. The van der Waals surface area contributed by atoms with Crippen molar-refractivity contribution in [2.75, 3.05) is 20.1 Å². The van der Waals surface area contributed by atoms with Crippen molar-refractivity contribution in [2.45, 2.75) is 26.8 Å². The van der Waals surface area contributed by atoms with Crippen molar-refractivity contribution in [2.24, 2.45) is 5.41 Å². The van der Waals surface area contributed by atoms with Crippen LogP contribution in [0, 0.1) is 12.3 Å². The van der Waals surface area contributed by atoms with Gasteiger partial charge in [-0.25, -0.2) is 0 Å². The highest BCUT2D eigenvalue weighted by Gasteiger charge is 2.39. The first-order valence-electron chi connectivity index (χ1n) is 6.54. The fraction of sp³-hybridized carbons (Fsp3) is 0.571. The first-order valence-corrected chi connectivity index (χ1v) is 6.54. The lowest BCUT2D eigenvalue weighted by Gasteiger charge is -2.22. The second-order valence-corrected chi connectivity index (χ2v) is 5.52. The van der Waals surface area contributed by atoms with E-state index in [0.29, 0.717) is 18.8 Å². The molecule has 2 rings (SSSR count). The molecule has 0 saturated carbocycles. The molecule has 0 radical (unpaired) electrons. The van der Waals surface area contributed by atoms with E-state index in [1.54, 1.807) is 19.2 Å². The number of rotatable bonds is 3. The van der Waals surface area contributed by atoms with Crippen LogP contribution in [0.4, 0.5) is 0 Å². The van der Waals surface area contributed by atoms with Crippen molar-refractivity contribution in [3.63, 3.8) is 0 Å². The Morgan fingerprint density at radius 3 is 3.00 bits per heavy atom. The zero-order chi connectivity index (χ0) is 14.0. The van der Waals surface area contributed by atoms with Gasteiger partial charge in [0, 0.05) is 25.8 Å². The maximum Gasteiger partial charge on any atom is 0.227 e. The molecule has 0 aliphatic carbocycles. The van der Waals surface area contributed by atoms with E-state index in [9.17, 15) is 9.90 Å². The van der Waals surface area contributed by atoms with E-state index in [4.69, 9.17) is 0 Å². The summed E-state index contributed by atoms with van der Waals surface area (Å²) in [6, 6.07) is 3.46. The third-order valence-electron chi connectivity index (χ3n) is 3.79. The molecule has 5 nitrogen and oxygen atoms in total. The lowest BCUT2D eigenvalue weighted by Crippen LogP contribution is -2.39. The Hall–Kier alpha value is -1.62. The van der Waals surface area contributed by atoms with Crippen molar-refractivity contribution in [1.82, 2.24) is 15.2 Å². The maximum absolute atomic E-state index is 11.9. The van der Waals surface area contributed by atoms with Crippen molar-refractivity contribution in [1.29, 1.82) is 0 Å². The third kappa shape index (κ3) is 2.87. The van der Waals surface area contributed by atoms with E-state index < -0.39 is 0 Å². The van der Waals surface area contributed by atoms with Gasteiger partial charge in [-0.1, -0.05) is 0 Å². The Balaban J connectivity index is 2.06. The molecule has 1 fully saturated rings. The van der Waals surface area contributed by atoms with E-state index >= 15 is 0 Å². The number of likely N-dealkylation sites (tertiary alicyclic amines) is 1. The highest BCUT2D eigenvalue weighted by molar-refractivity contribution is 5.82. The molecule has 2 N–H and O–H groups in total. The standard InChI is InChI=1S/C14H21N3O2/c1-10-4-5-12(18)11(16-10)8-17-7-6-14(2,9-17)13(19)15-3/h4-5,18H,6-9H2,1-3H3,(H,15,19). The monoisotopic (exact) mass is 263 g/mol. The summed E-state index contributed by atoms with van der Waals surface area (Å²) in [5.74, 6) is 0.301. The topological polar surface area (TPSA) is 65.5 Å². The third-order valence-corrected chi connectivity index (χ3v) is 3.79. The number of nitrogens with one attached hydrogen (secondary N) is 1. The molecule has 0 bridgehead atoms. The Morgan fingerprint density at radius 1 is 1.58 bits per heavy atom. The highest BCUT2D eigenvalue weighted by Crippen LogP contribution is 2.31. The first-order chi connectivity index (χ1) is 8.94. The summed E-state index contributed by atoms with van der Waals surface area (Å²) in [5.41, 5.74) is 1.23. The van der Waals surface area contributed by atoms with Crippen LogP contribution >= 0.6 is 0 Å². The number of aryl methyl sites for hydroxylation is 1. The van der Waals surface area contributed by atoms with Crippen molar-refractivity contribution in [3.05, 3.63) is 23.5 Å². The summed E-state index contributed by atoms with van der Waals surface area (Å²) < 4.78 is 0. The minimum atomic E-state index is -0.339. The second kappa shape index (κ2) is 5.17. The molecule has 1 saturated heterocycles. The Kier molecular flexibility index (Phi) is 3.75. The molecule has 19 heavy (non-hydrogen) atoms. The molecular weight excluding hydrogens is 242 g/mol. The summed E-state index contributed by atoms with van der Waals surface area (Å²) in [4.78, 5) is 18.4. The molecule has 1 atom stereocenters. The van der Waals surface area contributed by atoms with Gasteiger partial charge in [-0.05, 0) is 38.9 Å². The Labute approximate surface area is 113 Å². The number of nitrogens with zero attached hydrogens (tertiary/aromatic N) is 2. The molecule has 104 valence electrons. The summed E-state index contributed by atoms with van der Waals surface area (Å²) in [6.45, 7) is 6.01. The normalized spacial score (nSPS) is 23.5. The second-order valence-electron chi connectivity index (χ2n) is 5.52. The molecule has 0 spiro atoms. The van der Waals surface area contributed by atoms with Gasteiger partial charge >= 0.3 is 0 Å². The Morgan fingerprint density at radius 2 is 2.32 bits per heavy atom. The zero-order valence-electron chi connectivity index (χ0n) is 11.7. The minimum Gasteiger partial charge on any atom is -0.506 e. The Bertz CT molecular complexity index is 490. The van der Waals surface area contributed by atoms with Crippen LogP contribution in [0.2, 0.25) is 0 Å². The van der Waals surface area contributed by atoms with Gasteiger partial charge in [-0.2, -0.15) is 0 Å². The highest BCUT2D eigenvalue weighted by atomic mass is 16.3. The number of carbonyl (C=O) groups is 1. The van der Waals surface area contributed by atoms with Crippen LogP contribution in [0.3, 0.4) is 0 Å². The predicted molar refractivity (Wildman–Crippen MR) is 72.7 cm³/mol. The van der Waals surface area contributed by atoms with Gasteiger partial charge in [-0.15, -0.1) is 0 Å². The molecule has 0 aromatic carbocycles. The van der Waals surface area contributed by atoms with Crippen molar-refractivity contribution in [3.8, 4) is 5.75 Å². The summed E-state index contributed by atoms with van der Waals surface area (Å²) >= 11 is 0. The van der Waals surface area contributed by atoms with Crippen LogP contribution in [0.15, 0.2) is 12.1 Å². The van der Waals surface area contributed by atoms with E-state index in [-0.39, 0.29) is 17.1 Å². The molecule has 2 heterocycles. The fourth-order valence-corrected chi connectivity index (χ4v) is 2.61. The van der Waals surface area contributed by atoms with Gasteiger partial charge in [0.05, 0.1) is 11.1 Å². The van der Waals surface area contributed by atoms with Gasteiger partial charge in [0.2, 0.25) is 5.91 Å². The average Bonchev–Trinajstić information content (AvgIpc) is 2.76. The van der Waals surface area contributed by atoms with Crippen LogP contribution in [-0.4, -0.2) is 41.0 Å². The van der Waals surface area contributed by atoms with E-state index in [1.807, 2.05) is 13.8 Å².